The maximum atomic E-state index is 12.8. The second kappa shape index (κ2) is 9.31. The van der Waals surface area contributed by atoms with E-state index in [2.05, 4.69) is 54.3 Å². The summed E-state index contributed by atoms with van der Waals surface area (Å²) in [6.07, 6.45) is -3.04. The number of aliphatic hydroxyl groups is 1. The van der Waals surface area contributed by atoms with Gasteiger partial charge < -0.3 is 10.0 Å². The number of aliphatic hydroxyl groups excluding tert-OH is 1. The highest BCUT2D eigenvalue weighted by Crippen LogP contribution is 2.42. The minimum atomic E-state index is -4.12. The van der Waals surface area contributed by atoms with Gasteiger partial charge in [-0.2, -0.15) is 13.2 Å². The first kappa shape index (κ1) is 22.3. The summed E-state index contributed by atoms with van der Waals surface area (Å²) in [4.78, 5) is 4.27. The monoisotopic (exact) mass is 432 g/mol. The van der Waals surface area contributed by atoms with Crippen LogP contribution in [0.15, 0.2) is 48.5 Å². The van der Waals surface area contributed by atoms with Crippen molar-refractivity contribution in [1.82, 2.24) is 9.80 Å². The van der Waals surface area contributed by atoms with E-state index >= 15 is 0 Å². The molecule has 0 aromatic heterocycles. The Kier molecular flexibility index (Phi) is 6.70. The van der Waals surface area contributed by atoms with Crippen LogP contribution in [-0.2, 0) is 0 Å². The molecule has 31 heavy (non-hydrogen) atoms. The van der Waals surface area contributed by atoms with Crippen LogP contribution in [0.4, 0.5) is 13.2 Å². The van der Waals surface area contributed by atoms with Crippen molar-refractivity contribution in [2.45, 2.75) is 50.4 Å². The van der Waals surface area contributed by atoms with E-state index < -0.39 is 12.6 Å². The highest BCUT2D eigenvalue weighted by molar-refractivity contribution is 5.64. The standard InChI is InChI=1S/C25H31F3N2O/c1-18-5-4-6-21(15-18)19-7-9-20(10-8-19)24-22-16-29(14-11-25(26,27)28)12-2-3-13-30(22)23(24)17-31/h4-10,15,22-24,31H,2-3,11-14,16-17H2,1H3/t22-,23-,24+/m0/s1. The number of fused-ring (bicyclic) bond motifs is 1. The first-order valence-corrected chi connectivity index (χ1v) is 11.2. The van der Waals surface area contributed by atoms with Crippen molar-refractivity contribution in [3.63, 3.8) is 0 Å². The van der Waals surface area contributed by atoms with Crippen LogP contribution < -0.4 is 0 Å². The van der Waals surface area contributed by atoms with Gasteiger partial charge in [-0.15, -0.1) is 0 Å². The lowest BCUT2D eigenvalue weighted by Gasteiger charge is -2.57. The maximum absolute atomic E-state index is 12.8. The first-order valence-electron chi connectivity index (χ1n) is 11.2. The summed E-state index contributed by atoms with van der Waals surface area (Å²) in [5.74, 6) is 0.142. The van der Waals surface area contributed by atoms with Crippen LogP contribution in [-0.4, -0.2) is 66.0 Å². The molecule has 6 heteroatoms. The lowest BCUT2D eigenvalue weighted by Crippen LogP contribution is -2.67. The van der Waals surface area contributed by atoms with Gasteiger partial charge in [0.05, 0.1) is 13.0 Å². The fourth-order valence-electron chi connectivity index (χ4n) is 5.22. The minimum absolute atomic E-state index is 0.0392. The summed E-state index contributed by atoms with van der Waals surface area (Å²) >= 11 is 0. The van der Waals surface area contributed by atoms with Crippen LogP contribution in [0.25, 0.3) is 11.1 Å². The van der Waals surface area contributed by atoms with Gasteiger partial charge in [0.1, 0.15) is 0 Å². The molecular weight excluding hydrogens is 401 g/mol. The van der Waals surface area contributed by atoms with Crippen molar-refractivity contribution < 1.29 is 18.3 Å². The molecule has 2 saturated heterocycles. The molecule has 2 aliphatic heterocycles. The number of alkyl halides is 3. The Morgan fingerprint density at radius 3 is 2.42 bits per heavy atom. The van der Waals surface area contributed by atoms with Crippen molar-refractivity contribution in [2.24, 2.45) is 0 Å². The number of hydrogen-bond donors (Lipinski definition) is 1. The molecule has 0 unspecified atom stereocenters. The molecule has 0 saturated carbocycles. The van der Waals surface area contributed by atoms with E-state index in [1.54, 1.807) is 0 Å². The van der Waals surface area contributed by atoms with Crippen molar-refractivity contribution in [1.29, 1.82) is 0 Å². The summed E-state index contributed by atoms with van der Waals surface area (Å²) in [5.41, 5.74) is 4.69. The molecule has 0 bridgehead atoms. The SMILES string of the molecule is Cc1cccc(-c2ccc([C@H]3[C@H](CO)N4CCCCN(CCC(F)(F)F)C[C@@H]34)cc2)c1. The van der Waals surface area contributed by atoms with Crippen LogP contribution in [0.2, 0.25) is 0 Å². The van der Waals surface area contributed by atoms with E-state index in [4.69, 9.17) is 0 Å². The van der Waals surface area contributed by atoms with Crippen LogP contribution in [0, 0.1) is 6.92 Å². The lowest BCUT2D eigenvalue weighted by atomic mass is 9.74. The smallest absolute Gasteiger partial charge is 0.390 e. The van der Waals surface area contributed by atoms with Gasteiger partial charge in [-0.05, 0) is 49.5 Å². The van der Waals surface area contributed by atoms with Gasteiger partial charge in [-0.3, -0.25) is 4.90 Å². The summed E-state index contributed by atoms with van der Waals surface area (Å²) in [6, 6.07) is 17.0. The predicted octanol–water partition coefficient (Wildman–Crippen LogP) is 4.84. The highest BCUT2D eigenvalue weighted by atomic mass is 19.4. The topological polar surface area (TPSA) is 26.7 Å². The molecule has 3 atom stereocenters. The van der Waals surface area contributed by atoms with E-state index in [0.29, 0.717) is 13.1 Å². The zero-order valence-corrected chi connectivity index (χ0v) is 18.0. The molecule has 2 heterocycles. The van der Waals surface area contributed by atoms with E-state index in [1.165, 1.54) is 11.1 Å². The zero-order valence-electron chi connectivity index (χ0n) is 18.0. The second-order valence-electron chi connectivity index (χ2n) is 8.95. The largest absolute Gasteiger partial charge is 0.395 e. The van der Waals surface area contributed by atoms with Gasteiger partial charge in [0.2, 0.25) is 0 Å². The Labute approximate surface area is 182 Å². The van der Waals surface area contributed by atoms with E-state index in [-0.39, 0.29) is 31.2 Å². The van der Waals surface area contributed by atoms with Crippen LogP contribution in [0.5, 0.6) is 0 Å². The number of rotatable bonds is 5. The highest BCUT2D eigenvalue weighted by Gasteiger charge is 2.49. The van der Waals surface area contributed by atoms with Gasteiger partial charge in [0, 0.05) is 31.1 Å². The number of halogens is 3. The number of benzene rings is 2. The van der Waals surface area contributed by atoms with Crippen molar-refractivity contribution in [3.8, 4) is 11.1 Å². The summed E-state index contributed by atoms with van der Waals surface area (Å²) in [5, 5.41) is 10.1. The quantitative estimate of drug-likeness (QED) is 0.733. The Morgan fingerprint density at radius 2 is 1.74 bits per heavy atom. The molecule has 0 radical (unpaired) electrons. The molecule has 2 fully saturated rings. The summed E-state index contributed by atoms with van der Waals surface area (Å²) < 4.78 is 38.3. The average molecular weight is 433 g/mol. The molecule has 0 spiro atoms. The molecule has 0 aliphatic carbocycles. The van der Waals surface area contributed by atoms with Crippen molar-refractivity contribution >= 4 is 0 Å². The Balaban J connectivity index is 1.52. The fraction of sp³-hybridized carbons (Fsp3) is 0.520. The Hall–Kier alpha value is -1.89. The Morgan fingerprint density at radius 1 is 1.00 bits per heavy atom. The third-order valence-corrected chi connectivity index (χ3v) is 6.81. The van der Waals surface area contributed by atoms with E-state index in [0.717, 1.165) is 30.5 Å². The number of nitrogens with zero attached hydrogens (tertiary/aromatic N) is 2. The van der Waals surface area contributed by atoms with Crippen LogP contribution >= 0.6 is 0 Å². The first-order chi connectivity index (χ1) is 14.9. The summed E-state index contributed by atoms with van der Waals surface area (Å²) in [6.45, 7) is 4.44. The molecular formula is C25H31F3N2O. The van der Waals surface area contributed by atoms with Gasteiger partial charge in [-0.25, -0.2) is 0 Å². The van der Waals surface area contributed by atoms with Crippen LogP contribution in [0.3, 0.4) is 0 Å². The van der Waals surface area contributed by atoms with Crippen molar-refractivity contribution in [2.75, 3.05) is 32.8 Å². The molecule has 2 aromatic carbocycles. The summed E-state index contributed by atoms with van der Waals surface area (Å²) in [7, 11) is 0. The number of aryl methyl sites for hydroxylation is 1. The maximum Gasteiger partial charge on any atom is 0.390 e. The lowest BCUT2D eigenvalue weighted by molar-refractivity contribution is -0.140. The van der Waals surface area contributed by atoms with E-state index in [1.807, 2.05) is 11.0 Å². The molecule has 0 amide bonds. The predicted molar refractivity (Wildman–Crippen MR) is 117 cm³/mol. The third kappa shape index (κ3) is 5.13. The normalized spacial score (nSPS) is 25.4. The minimum Gasteiger partial charge on any atom is -0.395 e. The third-order valence-electron chi connectivity index (χ3n) is 6.81. The Bertz CT molecular complexity index is 868. The van der Waals surface area contributed by atoms with Crippen LogP contribution in [0.1, 0.15) is 36.3 Å². The van der Waals surface area contributed by atoms with Gasteiger partial charge in [0.25, 0.3) is 0 Å². The molecule has 2 aromatic rings. The van der Waals surface area contributed by atoms with E-state index in [9.17, 15) is 18.3 Å². The van der Waals surface area contributed by atoms with Crippen molar-refractivity contribution in [3.05, 3.63) is 59.7 Å². The molecule has 2 aliphatic rings. The average Bonchev–Trinajstić information content (AvgIpc) is 2.72. The van der Waals surface area contributed by atoms with Gasteiger partial charge in [-0.1, -0.05) is 54.1 Å². The number of hydrogen-bond acceptors (Lipinski definition) is 3. The molecule has 3 nitrogen and oxygen atoms in total. The van der Waals surface area contributed by atoms with Gasteiger partial charge in [0.15, 0.2) is 0 Å². The molecule has 168 valence electrons. The van der Waals surface area contributed by atoms with Gasteiger partial charge >= 0.3 is 6.18 Å². The molecule has 4 rings (SSSR count). The fourth-order valence-corrected chi connectivity index (χ4v) is 5.22. The second-order valence-corrected chi connectivity index (χ2v) is 8.95. The molecule has 1 N–H and O–H groups in total. The zero-order chi connectivity index (χ0) is 22.0.